The van der Waals surface area contributed by atoms with Crippen molar-refractivity contribution in [1.29, 1.82) is 0 Å². The molecule has 0 saturated heterocycles. The molecule has 124 valence electrons. The Morgan fingerprint density at radius 2 is 2.17 bits per heavy atom. The molecule has 2 heterocycles. The quantitative estimate of drug-likeness (QED) is 0.721. The van der Waals surface area contributed by atoms with Crippen molar-refractivity contribution in [3.05, 3.63) is 53.9 Å². The fourth-order valence-corrected chi connectivity index (χ4v) is 2.43. The summed E-state index contributed by atoms with van der Waals surface area (Å²) in [5.74, 6) is -0.800. The number of aliphatic hydroxyl groups excluding tert-OH is 1. The third-order valence-electron chi connectivity index (χ3n) is 3.68. The number of amides is 2. The van der Waals surface area contributed by atoms with E-state index in [4.69, 9.17) is 4.74 Å². The Balaban J connectivity index is 1.53. The van der Waals surface area contributed by atoms with Crippen molar-refractivity contribution in [3.8, 4) is 5.75 Å². The normalized spacial score (nSPS) is 13.5. The van der Waals surface area contributed by atoms with Crippen LogP contribution in [0.3, 0.4) is 0 Å². The van der Waals surface area contributed by atoms with E-state index in [0.29, 0.717) is 17.9 Å². The maximum atomic E-state index is 11.8. The molecule has 0 bridgehead atoms. The van der Waals surface area contributed by atoms with Crippen LogP contribution >= 0.6 is 0 Å². The minimum atomic E-state index is -0.897. The average Bonchev–Trinajstić information content (AvgIpc) is 3.07. The van der Waals surface area contributed by atoms with Crippen LogP contribution in [0.1, 0.15) is 17.2 Å². The molecule has 0 fully saturated rings. The predicted molar refractivity (Wildman–Crippen MR) is 86.5 cm³/mol. The maximum absolute atomic E-state index is 11.8. The summed E-state index contributed by atoms with van der Waals surface area (Å²) in [5, 5.41) is 15.0. The number of aliphatic hydroxyl groups is 1. The molecule has 1 aliphatic rings. The Hall–Kier alpha value is -2.93. The standard InChI is InChI=1S/C17H17N3O4/c21-14(11-3-4-15-12(8-11)5-7-24-15)10-19-16(22)17(23)20-13-2-1-6-18-9-13/h1-4,6,8-9,14,21H,5,7,10H2,(H,19,22)(H,20,23)/t14-/m1/s1. The van der Waals surface area contributed by atoms with E-state index in [1.807, 2.05) is 6.07 Å². The summed E-state index contributed by atoms with van der Waals surface area (Å²) in [7, 11) is 0. The van der Waals surface area contributed by atoms with Gasteiger partial charge in [0.05, 0.1) is 24.6 Å². The monoisotopic (exact) mass is 327 g/mol. The number of anilines is 1. The highest BCUT2D eigenvalue weighted by Gasteiger charge is 2.18. The molecule has 7 nitrogen and oxygen atoms in total. The Morgan fingerprint density at radius 3 is 2.96 bits per heavy atom. The van der Waals surface area contributed by atoms with Gasteiger partial charge < -0.3 is 20.5 Å². The van der Waals surface area contributed by atoms with Gasteiger partial charge in [-0.2, -0.15) is 0 Å². The highest BCUT2D eigenvalue weighted by atomic mass is 16.5. The Kier molecular flexibility index (Phi) is 4.72. The third kappa shape index (κ3) is 3.69. The van der Waals surface area contributed by atoms with Crippen molar-refractivity contribution in [2.45, 2.75) is 12.5 Å². The molecular weight excluding hydrogens is 310 g/mol. The number of fused-ring (bicyclic) bond motifs is 1. The summed E-state index contributed by atoms with van der Waals surface area (Å²) in [6.45, 7) is 0.582. The van der Waals surface area contributed by atoms with Crippen LogP contribution in [-0.4, -0.2) is 35.1 Å². The number of nitrogens with zero attached hydrogens (tertiary/aromatic N) is 1. The summed E-state index contributed by atoms with van der Waals surface area (Å²) >= 11 is 0. The van der Waals surface area contributed by atoms with Gasteiger partial charge in [-0.15, -0.1) is 0 Å². The fourth-order valence-electron chi connectivity index (χ4n) is 2.43. The highest BCUT2D eigenvalue weighted by Crippen LogP contribution is 2.27. The summed E-state index contributed by atoms with van der Waals surface area (Å²) < 4.78 is 5.41. The van der Waals surface area contributed by atoms with Crippen LogP contribution in [0, 0.1) is 0 Å². The molecule has 1 aromatic heterocycles. The van der Waals surface area contributed by atoms with Gasteiger partial charge in [0.2, 0.25) is 0 Å². The van der Waals surface area contributed by atoms with Crippen molar-refractivity contribution < 1.29 is 19.4 Å². The molecular formula is C17H17N3O4. The summed E-state index contributed by atoms with van der Waals surface area (Å²) in [6, 6.07) is 8.68. The van der Waals surface area contributed by atoms with E-state index in [1.165, 1.54) is 6.20 Å². The Bertz CT molecular complexity index is 749. The maximum Gasteiger partial charge on any atom is 0.313 e. The van der Waals surface area contributed by atoms with E-state index in [2.05, 4.69) is 15.6 Å². The molecule has 0 saturated carbocycles. The smallest absolute Gasteiger partial charge is 0.313 e. The van der Waals surface area contributed by atoms with Gasteiger partial charge in [0.25, 0.3) is 0 Å². The van der Waals surface area contributed by atoms with Crippen molar-refractivity contribution >= 4 is 17.5 Å². The lowest BCUT2D eigenvalue weighted by atomic mass is 10.0. The van der Waals surface area contributed by atoms with Gasteiger partial charge in [-0.1, -0.05) is 6.07 Å². The van der Waals surface area contributed by atoms with Gasteiger partial charge in [-0.05, 0) is 35.4 Å². The molecule has 1 aliphatic heterocycles. The Morgan fingerprint density at radius 1 is 1.29 bits per heavy atom. The van der Waals surface area contributed by atoms with Crippen LogP contribution < -0.4 is 15.4 Å². The molecule has 1 aromatic carbocycles. The van der Waals surface area contributed by atoms with Crippen LogP contribution in [0.2, 0.25) is 0 Å². The van der Waals surface area contributed by atoms with Gasteiger partial charge in [0, 0.05) is 19.2 Å². The van der Waals surface area contributed by atoms with Crippen molar-refractivity contribution in [1.82, 2.24) is 10.3 Å². The lowest BCUT2D eigenvalue weighted by Crippen LogP contribution is -2.37. The van der Waals surface area contributed by atoms with Gasteiger partial charge in [0.1, 0.15) is 5.75 Å². The number of hydrogen-bond donors (Lipinski definition) is 3. The van der Waals surface area contributed by atoms with E-state index >= 15 is 0 Å². The van der Waals surface area contributed by atoms with Crippen LogP contribution in [0.5, 0.6) is 5.75 Å². The zero-order valence-electron chi connectivity index (χ0n) is 12.9. The first-order valence-corrected chi connectivity index (χ1v) is 7.56. The van der Waals surface area contributed by atoms with Gasteiger partial charge in [0.15, 0.2) is 0 Å². The number of pyridine rings is 1. The number of carbonyl (C=O) groups is 2. The van der Waals surface area contributed by atoms with E-state index in [1.54, 1.807) is 30.5 Å². The van der Waals surface area contributed by atoms with Gasteiger partial charge in [-0.3, -0.25) is 14.6 Å². The molecule has 0 aliphatic carbocycles. The fraction of sp³-hybridized carbons (Fsp3) is 0.235. The van der Waals surface area contributed by atoms with Crippen LogP contribution in [0.4, 0.5) is 5.69 Å². The first-order chi connectivity index (χ1) is 11.6. The van der Waals surface area contributed by atoms with Crippen LogP contribution in [-0.2, 0) is 16.0 Å². The largest absolute Gasteiger partial charge is 0.493 e. The van der Waals surface area contributed by atoms with Crippen molar-refractivity contribution in [3.63, 3.8) is 0 Å². The van der Waals surface area contributed by atoms with Gasteiger partial charge in [-0.25, -0.2) is 0 Å². The molecule has 0 spiro atoms. The molecule has 2 amide bonds. The molecule has 3 rings (SSSR count). The average molecular weight is 327 g/mol. The number of carbonyl (C=O) groups excluding carboxylic acids is 2. The first kappa shape index (κ1) is 15.9. The lowest BCUT2D eigenvalue weighted by molar-refractivity contribution is -0.136. The van der Waals surface area contributed by atoms with E-state index in [-0.39, 0.29) is 6.54 Å². The number of benzene rings is 1. The van der Waals surface area contributed by atoms with Crippen LogP contribution in [0.25, 0.3) is 0 Å². The number of rotatable bonds is 4. The number of nitrogens with one attached hydrogen (secondary N) is 2. The summed E-state index contributed by atoms with van der Waals surface area (Å²) in [4.78, 5) is 27.4. The predicted octanol–water partition coefficient (Wildman–Crippen LogP) is 0.805. The minimum absolute atomic E-state index is 0.0566. The lowest BCUT2D eigenvalue weighted by Gasteiger charge is -2.13. The molecule has 24 heavy (non-hydrogen) atoms. The number of hydrogen-bond acceptors (Lipinski definition) is 5. The van der Waals surface area contributed by atoms with E-state index < -0.39 is 17.9 Å². The number of ether oxygens (including phenoxy) is 1. The molecule has 0 radical (unpaired) electrons. The second-order valence-electron chi connectivity index (χ2n) is 5.39. The SMILES string of the molecule is O=C(NC[C@@H](O)c1ccc2c(c1)CCO2)C(=O)Nc1cccnc1. The second kappa shape index (κ2) is 7.10. The Labute approximate surface area is 138 Å². The minimum Gasteiger partial charge on any atom is -0.493 e. The van der Waals surface area contributed by atoms with Crippen molar-refractivity contribution in [2.75, 3.05) is 18.5 Å². The van der Waals surface area contributed by atoms with Gasteiger partial charge >= 0.3 is 11.8 Å². The van der Waals surface area contributed by atoms with Crippen LogP contribution in [0.15, 0.2) is 42.7 Å². The zero-order chi connectivity index (χ0) is 16.9. The second-order valence-corrected chi connectivity index (χ2v) is 5.39. The molecule has 2 aromatic rings. The van der Waals surface area contributed by atoms with Crippen molar-refractivity contribution in [2.24, 2.45) is 0 Å². The number of aromatic nitrogens is 1. The summed E-state index contributed by atoms with van der Waals surface area (Å²) in [6.07, 6.45) is 2.90. The molecule has 0 unspecified atom stereocenters. The molecule has 3 N–H and O–H groups in total. The van der Waals surface area contributed by atoms with E-state index in [0.717, 1.165) is 17.7 Å². The van der Waals surface area contributed by atoms with E-state index in [9.17, 15) is 14.7 Å². The molecule has 7 heteroatoms. The topological polar surface area (TPSA) is 101 Å². The zero-order valence-corrected chi connectivity index (χ0v) is 12.9. The third-order valence-corrected chi connectivity index (χ3v) is 3.68. The first-order valence-electron chi connectivity index (χ1n) is 7.56. The summed E-state index contributed by atoms with van der Waals surface area (Å²) in [5.41, 5.74) is 2.14. The highest BCUT2D eigenvalue weighted by molar-refractivity contribution is 6.39. The molecule has 1 atom stereocenters.